The molecule has 0 heterocycles. The van der Waals surface area contributed by atoms with Gasteiger partial charge >= 0.3 is 5.97 Å². The molecule has 178 valence electrons. The van der Waals surface area contributed by atoms with Crippen LogP contribution in [0, 0.1) is 52.3 Å². The molecule has 0 saturated heterocycles. The molecule has 0 bridgehead atoms. The van der Waals surface area contributed by atoms with E-state index in [9.17, 15) is 20.1 Å². The first kappa shape index (κ1) is 23.5. The van der Waals surface area contributed by atoms with E-state index in [0.717, 1.165) is 38.5 Å². The number of aliphatic carboxylic acids is 1. The van der Waals surface area contributed by atoms with Gasteiger partial charge in [0.25, 0.3) is 0 Å². The summed E-state index contributed by atoms with van der Waals surface area (Å²) in [5, 5.41) is 31.5. The van der Waals surface area contributed by atoms with Crippen molar-refractivity contribution in [3.05, 3.63) is 0 Å². The van der Waals surface area contributed by atoms with E-state index < -0.39 is 5.97 Å². The highest BCUT2D eigenvalue weighted by molar-refractivity contribution is 5.66. The Morgan fingerprint density at radius 2 is 1.68 bits per heavy atom. The molecule has 0 aliphatic heterocycles. The van der Waals surface area contributed by atoms with Crippen molar-refractivity contribution < 1.29 is 20.1 Å². The maximum atomic E-state index is 11.8. The Bertz CT molecular complexity index is 664. The zero-order valence-electron chi connectivity index (χ0n) is 20.2. The second-order valence-corrected chi connectivity index (χ2v) is 12.4. The predicted molar refractivity (Wildman–Crippen MR) is 122 cm³/mol. The van der Waals surface area contributed by atoms with Crippen LogP contribution in [0.25, 0.3) is 0 Å². The zero-order valence-corrected chi connectivity index (χ0v) is 20.2. The third-order valence-electron chi connectivity index (χ3n) is 11.1. The van der Waals surface area contributed by atoms with Crippen molar-refractivity contribution in [2.24, 2.45) is 52.3 Å². The fourth-order valence-corrected chi connectivity index (χ4v) is 9.66. The minimum absolute atomic E-state index is 0.194. The molecule has 4 heteroatoms. The van der Waals surface area contributed by atoms with Crippen LogP contribution in [-0.4, -0.2) is 33.5 Å². The number of carboxylic acids is 1. The molecule has 0 spiro atoms. The first-order chi connectivity index (χ1) is 14.6. The largest absolute Gasteiger partial charge is 0.481 e. The fourth-order valence-electron chi connectivity index (χ4n) is 9.66. The zero-order chi connectivity index (χ0) is 22.6. The molecular weight excluding hydrogens is 388 g/mol. The predicted octanol–water partition coefficient (Wildman–Crippen LogP) is 5.50. The molecule has 4 nitrogen and oxygen atoms in total. The van der Waals surface area contributed by atoms with E-state index >= 15 is 0 Å². The second-order valence-electron chi connectivity index (χ2n) is 12.4. The lowest BCUT2D eigenvalue weighted by atomic mass is 9.41. The molecule has 0 amide bonds. The maximum Gasteiger partial charge on any atom is 0.303 e. The Morgan fingerprint density at radius 1 is 1.00 bits per heavy atom. The number of fused-ring (bicyclic) bond motifs is 5. The summed E-state index contributed by atoms with van der Waals surface area (Å²) in [5.41, 5.74) is 0.478. The van der Waals surface area contributed by atoms with E-state index in [1.165, 1.54) is 25.7 Å². The quantitative estimate of drug-likeness (QED) is 0.515. The van der Waals surface area contributed by atoms with E-state index in [4.69, 9.17) is 0 Å². The summed E-state index contributed by atoms with van der Waals surface area (Å²) >= 11 is 0. The van der Waals surface area contributed by atoms with Gasteiger partial charge in [-0.3, -0.25) is 4.79 Å². The van der Waals surface area contributed by atoms with Crippen molar-refractivity contribution in [2.75, 3.05) is 0 Å². The van der Waals surface area contributed by atoms with Gasteiger partial charge < -0.3 is 15.3 Å². The van der Waals surface area contributed by atoms with Gasteiger partial charge in [-0.15, -0.1) is 0 Å². The molecule has 31 heavy (non-hydrogen) atoms. The normalized spacial score (nSPS) is 50.3. The highest BCUT2D eigenvalue weighted by Crippen LogP contribution is 2.69. The number of aliphatic hydroxyl groups is 2. The Labute approximate surface area is 189 Å². The molecule has 0 aromatic rings. The van der Waals surface area contributed by atoms with Crippen LogP contribution < -0.4 is 0 Å². The lowest BCUT2D eigenvalue weighted by molar-refractivity contribution is -0.204. The van der Waals surface area contributed by atoms with Crippen LogP contribution in [-0.2, 0) is 4.79 Å². The number of carbonyl (C=O) groups is 1. The standard InChI is InChI=1S/C27H46O4/c1-5-6-18-22-15-17(28)11-13-27(22,4)21-12-14-26(3)19(16(2)7-10-23(29)30)8-9-20(26)24(21)25(18)31/h16-22,24-25,28,31H,5-15H2,1-4H3,(H,29,30)/t16-,17-,18-,19?,20?,21?,22?,24?,25-,26-,27-/m1/s1. The molecule has 4 aliphatic rings. The molecule has 4 fully saturated rings. The van der Waals surface area contributed by atoms with Crippen molar-refractivity contribution in [1.82, 2.24) is 0 Å². The summed E-state index contributed by atoms with van der Waals surface area (Å²) in [6.45, 7) is 9.48. The Hall–Kier alpha value is -0.610. The fraction of sp³-hybridized carbons (Fsp3) is 0.963. The monoisotopic (exact) mass is 434 g/mol. The van der Waals surface area contributed by atoms with Crippen molar-refractivity contribution >= 4 is 5.97 Å². The number of hydrogen-bond acceptors (Lipinski definition) is 3. The van der Waals surface area contributed by atoms with Crippen LogP contribution in [0.4, 0.5) is 0 Å². The molecule has 0 aromatic heterocycles. The Balaban J connectivity index is 1.62. The first-order valence-corrected chi connectivity index (χ1v) is 13.2. The molecule has 11 atom stereocenters. The topological polar surface area (TPSA) is 77.8 Å². The molecule has 4 saturated carbocycles. The van der Waals surface area contributed by atoms with Gasteiger partial charge in [0.15, 0.2) is 0 Å². The van der Waals surface area contributed by atoms with E-state index in [2.05, 4.69) is 27.7 Å². The average molecular weight is 435 g/mol. The molecule has 0 radical (unpaired) electrons. The van der Waals surface area contributed by atoms with Gasteiger partial charge in [0.05, 0.1) is 12.2 Å². The Kier molecular flexibility index (Phi) is 6.55. The van der Waals surface area contributed by atoms with Gasteiger partial charge in [-0.2, -0.15) is 0 Å². The van der Waals surface area contributed by atoms with Crippen LogP contribution in [0.5, 0.6) is 0 Å². The second kappa shape index (κ2) is 8.63. The smallest absolute Gasteiger partial charge is 0.303 e. The molecule has 0 aromatic carbocycles. The minimum atomic E-state index is -0.682. The minimum Gasteiger partial charge on any atom is -0.481 e. The summed E-state index contributed by atoms with van der Waals surface area (Å²) in [7, 11) is 0. The molecule has 3 N–H and O–H groups in total. The van der Waals surface area contributed by atoms with Gasteiger partial charge in [-0.25, -0.2) is 0 Å². The van der Waals surface area contributed by atoms with Crippen molar-refractivity contribution in [1.29, 1.82) is 0 Å². The van der Waals surface area contributed by atoms with Gasteiger partial charge in [0.1, 0.15) is 0 Å². The highest BCUT2D eigenvalue weighted by Gasteiger charge is 2.64. The van der Waals surface area contributed by atoms with Gasteiger partial charge in [0, 0.05) is 6.42 Å². The van der Waals surface area contributed by atoms with E-state index in [1.807, 2.05) is 0 Å². The molecule has 4 rings (SSSR count). The molecule has 4 aliphatic carbocycles. The number of rotatable bonds is 6. The van der Waals surface area contributed by atoms with Crippen molar-refractivity contribution in [3.8, 4) is 0 Å². The average Bonchev–Trinajstić information content (AvgIpc) is 3.07. The number of hydrogen-bond donors (Lipinski definition) is 3. The van der Waals surface area contributed by atoms with Gasteiger partial charge in [0.2, 0.25) is 0 Å². The first-order valence-electron chi connectivity index (χ1n) is 13.2. The summed E-state index contributed by atoms with van der Waals surface area (Å²) in [6.07, 6.45) is 10.5. The molecular formula is C27H46O4. The third-order valence-corrected chi connectivity index (χ3v) is 11.1. The Morgan fingerprint density at radius 3 is 2.35 bits per heavy atom. The summed E-state index contributed by atoms with van der Waals surface area (Å²) < 4.78 is 0. The summed E-state index contributed by atoms with van der Waals surface area (Å²) in [4.78, 5) is 11.2. The highest BCUT2D eigenvalue weighted by atomic mass is 16.4. The van der Waals surface area contributed by atoms with E-state index in [0.29, 0.717) is 41.4 Å². The number of aliphatic hydroxyl groups excluding tert-OH is 2. The maximum absolute atomic E-state index is 11.8. The lowest BCUT2D eigenvalue weighted by Gasteiger charge is -2.65. The van der Waals surface area contributed by atoms with Gasteiger partial charge in [-0.1, -0.05) is 34.1 Å². The third kappa shape index (κ3) is 3.78. The van der Waals surface area contributed by atoms with Crippen LogP contribution in [0.1, 0.15) is 98.3 Å². The van der Waals surface area contributed by atoms with E-state index in [-0.39, 0.29) is 29.5 Å². The van der Waals surface area contributed by atoms with Crippen molar-refractivity contribution in [3.63, 3.8) is 0 Å². The van der Waals surface area contributed by atoms with Crippen LogP contribution >= 0.6 is 0 Å². The van der Waals surface area contributed by atoms with Crippen LogP contribution in [0.15, 0.2) is 0 Å². The lowest BCUT2D eigenvalue weighted by Crippen LogP contribution is -2.62. The van der Waals surface area contributed by atoms with Crippen LogP contribution in [0.2, 0.25) is 0 Å². The van der Waals surface area contributed by atoms with E-state index in [1.54, 1.807) is 0 Å². The summed E-state index contributed by atoms with van der Waals surface area (Å²) in [6, 6.07) is 0. The molecule has 5 unspecified atom stereocenters. The number of carboxylic acid groups (broad SMARTS) is 1. The van der Waals surface area contributed by atoms with Crippen LogP contribution in [0.3, 0.4) is 0 Å². The summed E-state index contributed by atoms with van der Waals surface area (Å²) in [5.74, 6) is 2.60. The van der Waals surface area contributed by atoms with Gasteiger partial charge in [-0.05, 0) is 110 Å². The SMILES string of the molecule is CCC[C@@H]1C2C[C@H](O)CC[C@]2(C)C2CC[C@@]3(C)C(CCC3[C@H](C)CCC(=O)O)C2[C@@H]1O. The van der Waals surface area contributed by atoms with Crippen molar-refractivity contribution in [2.45, 2.75) is 111 Å².